The fourth-order valence-corrected chi connectivity index (χ4v) is 6.98. The van der Waals surface area contributed by atoms with Crippen LogP contribution in [0.15, 0.2) is 77.7 Å². The predicted molar refractivity (Wildman–Crippen MR) is 136 cm³/mol. The van der Waals surface area contributed by atoms with Gasteiger partial charge in [0.25, 0.3) is 0 Å². The van der Waals surface area contributed by atoms with E-state index in [0.717, 1.165) is 5.56 Å². The minimum atomic E-state index is -3.91. The van der Waals surface area contributed by atoms with E-state index in [-0.39, 0.29) is 29.7 Å². The van der Waals surface area contributed by atoms with Gasteiger partial charge in [0, 0.05) is 11.6 Å². The Morgan fingerprint density at radius 1 is 1.11 bits per heavy atom. The summed E-state index contributed by atoms with van der Waals surface area (Å²) < 4.78 is 42.5. The van der Waals surface area contributed by atoms with Gasteiger partial charge in [-0.3, -0.25) is 9.69 Å². The summed E-state index contributed by atoms with van der Waals surface area (Å²) in [7, 11) is -3.91. The molecule has 1 unspecified atom stereocenters. The molecule has 180 valence electrons. The van der Waals surface area contributed by atoms with Crippen molar-refractivity contribution in [2.75, 3.05) is 11.4 Å². The Morgan fingerprint density at radius 2 is 1.86 bits per heavy atom. The standard InChI is InChI=1S/C25H21ClFN3O3S2/c26-18-8-11-20(12-9-18)35(32,33)30-14-4-7-22(30)24(31)29(16-17-5-2-1-3-6-17)25-28-21-13-10-19(27)15-23(21)34-25/h1-3,5-6,8-13,15,22H,4,7,14,16H2. The number of nitrogens with zero attached hydrogens (tertiary/aromatic N) is 3. The van der Waals surface area contributed by atoms with Crippen LogP contribution in [0.1, 0.15) is 18.4 Å². The van der Waals surface area contributed by atoms with Crippen molar-refractivity contribution in [3.05, 3.63) is 89.2 Å². The lowest BCUT2D eigenvalue weighted by Gasteiger charge is -2.28. The third kappa shape index (κ3) is 4.81. The summed E-state index contributed by atoms with van der Waals surface area (Å²) in [5.74, 6) is -0.743. The second-order valence-corrected chi connectivity index (χ2v) is 11.6. The Morgan fingerprint density at radius 3 is 2.60 bits per heavy atom. The molecule has 2 heterocycles. The van der Waals surface area contributed by atoms with Crippen LogP contribution >= 0.6 is 22.9 Å². The molecule has 1 aromatic heterocycles. The summed E-state index contributed by atoms with van der Waals surface area (Å²) in [4.78, 5) is 20.1. The van der Waals surface area contributed by atoms with Gasteiger partial charge in [-0.1, -0.05) is 53.3 Å². The SMILES string of the molecule is O=C(C1CCCN1S(=O)(=O)c1ccc(Cl)cc1)N(Cc1ccccc1)c1nc2ccc(F)cc2s1. The summed E-state index contributed by atoms with van der Waals surface area (Å²) in [5, 5.41) is 0.828. The largest absolute Gasteiger partial charge is 0.282 e. The van der Waals surface area contributed by atoms with E-state index in [9.17, 15) is 17.6 Å². The number of anilines is 1. The predicted octanol–water partition coefficient (Wildman–Crippen LogP) is 5.48. The lowest BCUT2D eigenvalue weighted by molar-refractivity contribution is -0.121. The first kappa shape index (κ1) is 23.9. The van der Waals surface area contributed by atoms with Gasteiger partial charge in [-0.25, -0.2) is 17.8 Å². The highest BCUT2D eigenvalue weighted by Crippen LogP contribution is 2.34. The first-order valence-electron chi connectivity index (χ1n) is 11.0. The molecule has 1 amide bonds. The van der Waals surface area contributed by atoms with Gasteiger partial charge in [-0.15, -0.1) is 0 Å². The normalized spacial score (nSPS) is 16.6. The van der Waals surface area contributed by atoms with E-state index < -0.39 is 16.1 Å². The molecule has 4 aromatic rings. The lowest BCUT2D eigenvalue weighted by atomic mass is 10.1. The number of halogens is 2. The maximum absolute atomic E-state index is 13.9. The average molecular weight is 530 g/mol. The van der Waals surface area contributed by atoms with Gasteiger partial charge in [0.05, 0.1) is 21.7 Å². The topological polar surface area (TPSA) is 70.6 Å². The third-order valence-electron chi connectivity index (χ3n) is 5.93. The molecule has 6 nitrogen and oxygen atoms in total. The Hall–Kier alpha value is -2.85. The van der Waals surface area contributed by atoms with Crippen molar-refractivity contribution in [2.45, 2.75) is 30.3 Å². The monoisotopic (exact) mass is 529 g/mol. The van der Waals surface area contributed by atoms with Gasteiger partial charge < -0.3 is 0 Å². The van der Waals surface area contributed by atoms with Crippen LogP contribution in [-0.4, -0.2) is 36.2 Å². The number of benzene rings is 3. The highest BCUT2D eigenvalue weighted by Gasteiger charge is 2.42. The van der Waals surface area contributed by atoms with E-state index >= 15 is 0 Å². The summed E-state index contributed by atoms with van der Waals surface area (Å²) in [6.45, 7) is 0.457. The Kier molecular flexibility index (Phi) is 6.59. The van der Waals surface area contributed by atoms with E-state index in [1.54, 1.807) is 6.07 Å². The zero-order valence-corrected chi connectivity index (χ0v) is 20.9. The minimum absolute atomic E-state index is 0.0895. The molecule has 0 saturated carbocycles. The number of thiazole rings is 1. The number of hydrogen-bond donors (Lipinski definition) is 0. The number of amides is 1. The molecular weight excluding hydrogens is 509 g/mol. The van der Waals surface area contributed by atoms with Crippen LogP contribution in [0.3, 0.4) is 0 Å². The molecule has 5 rings (SSSR count). The zero-order chi connectivity index (χ0) is 24.6. The van der Waals surface area contributed by atoms with Crippen LogP contribution in [0.25, 0.3) is 10.2 Å². The van der Waals surface area contributed by atoms with Crippen molar-refractivity contribution in [1.29, 1.82) is 0 Å². The molecule has 1 aliphatic rings. The number of carbonyl (C=O) groups excluding carboxylic acids is 1. The van der Waals surface area contributed by atoms with Crippen LogP contribution in [0.2, 0.25) is 5.02 Å². The summed E-state index contributed by atoms with van der Waals surface area (Å²) >= 11 is 7.14. The fourth-order valence-electron chi connectivity index (χ4n) is 4.20. The second kappa shape index (κ2) is 9.66. The number of sulfonamides is 1. The first-order chi connectivity index (χ1) is 16.8. The van der Waals surface area contributed by atoms with Crippen LogP contribution in [0.5, 0.6) is 0 Å². The van der Waals surface area contributed by atoms with Crippen LogP contribution in [0.4, 0.5) is 9.52 Å². The van der Waals surface area contributed by atoms with Gasteiger partial charge >= 0.3 is 0 Å². The maximum Gasteiger partial charge on any atom is 0.247 e. The third-order valence-corrected chi connectivity index (χ3v) is 9.14. The molecule has 35 heavy (non-hydrogen) atoms. The van der Waals surface area contributed by atoms with Crippen molar-refractivity contribution in [3.8, 4) is 0 Å². The molecule has 1 saturated heterocycles. The van der Waals surface area contributed by atoms with E-state index in [4.69, 9.17) is 11.6 Å². The second-order valence-electron chi connectivity index (χ2n) is 8.25. The highest BCUT2D eigenvalue weighted by atomic mass is 35.5. The highest BCUT2D eigenvalue weighted by molar-refractivity contribution is 7.89. The average Bonchev–Trinajstić information content (AvgIpc) is 3.50. The van der Waals surface area contributed by atoms with Gasteiger partial charge in [-0.2, -0.15) is 4.31 Å². The summed E-state index contributed by atoms with van der Waals surface area (Å²) in [6.07, 6.45) is 0.962. The maximum atomic E-state index is 13.9. The molecule has 0 bridgehead atoms. The quantitative estimate of drug-likeness (QED) is 0.332. The van der Waals surface area contributed by atoms with Gasteiger partial charge in [0.2, 0.25) is 15.9 Å². The number of carbonyl (C=O) groups is 1. The molecule has 1 aliphatic heterocycles. The van der Waals surface area contributed by atoms with Crippen LogP contribution < -0.4 is 4.90 Å². The van der Waals surface area contributed by atoms with Gasteiger partial charge in [-0.05, 0) is 60.9 Å². The van der Waals surface area contributed by atoms with Gasteiger partial charge in [0.1, 0.15) is 11.9 Å². The minimum Gasteiger partial charge on any atom is -0.282 e. The van der Waals surface area contributed by atoms with Crippen molar-refractivity contribution < 1.29 is 17.6 Å². The summed E-state index contributed by atoms with van der Waals surface area (Å²) in [5.41, 5.74) is 1.45. The van der Waals surface area contributed by atoms with Crippen LogP contribution in [-0.2, 0) is 21.4 Å². The Balaban J connectivity index is 1.52. The molecule has 0 N–H and O–H groups in total. The van der Waals surface area contributed by atoms with E-state index in [1.165, 1.54) is 56.9 Å². The van der Waals surface area contributed by atoms with Crippen molar-refractivity contribution >= 4 is 54.2 Å². The van der Waals surface area contributed by atoms with Crippen molar-refractivity contribution in [2.24, 2.45) is 0 Å². The van der Waals surface area contributed by atoms with E-state index in [1.807, 2.05) is 30.3 Å². The zero-order valence-electron chi connectivity index (χ0n) is 18.5. The lowest BCUT2D eigenvalue weighted by Crippen LogP contribution is -2.47. The van der Waals surface area contributed by atoms with Crippen molar-refractivity contribution in [3.63, 3.8) is 0 Å². The smallest absolute Gasteiger partial charge is 0.247 e. The van der Waals surface area contributed by atoms with E-state index in [0.29, 0.717) is 33.2 Å². The summed E-state index contributed by atoms with van der Waals surface area (Å²) in [6, 6.07) is 18.8. The molecule has 0 radical (unpaired) electrons. The van der Waals surface area contributed by atoms with Gasteiger partial charge in [0.15, 0.2) is 5.13 Å². The molecule has 1 atom stereocenters. The Labute approximate surface area is 211 Å². The first-order valence-corrected chi connectivity index (χ1v) is 13.7. The Bertz CT molecular complexity index is 1480. The molecule has 3 aromatic carbocycles. The molecule has 10 heteroatoms. The number of rotatable bonds is 6. The number of aromatic nitrogens is 1. The number of fused-ring (bicyclic) bond motifs is 1. The van der Waals surface area contributed by atoms with E-state index in [2.05, 4.69) is 4.98 Å². The molecular formula is C25H21ClFN3O3S2. The molecule has 1 fully saturated rings. The fraction of sp³-hybridized carbons (Fsp3) is 0.200. The number of hydrogen-bond acceptors (Lipinski definition) is 5. The molecule has 0 spiro atoms. The molecule has 0 aliphatic carbocycles. The van der Waals surface area contributed by atoms with Crippen molar-refractivity contribution in [1.82, 2.24) is 9.29 Å². The van der Waals surface area contributed by atoms with Crippen LogP contribution in [0, 0.1) is 5.82 Å².